The van der Waals surface area contributed by atoms with Gasteiger partial charge in [0.15, 0.2) is 17.5 Å². The number of hydrogen-bond acceptors (Lipinski definition) is 0. The molecule has 0 nitrogen and oxygen atoms in total. The smallest absolute Gasteiger partial charge is 0.194 e. The number of benzene rings is 1. The van der Waals surface area contributed by atoms with Gasteiger partial charge in [-0.15, -0.1) is 0 Å². The van der Waals surface area contributed by atoms with E-state index in [9.17, 15) is 13.2 Å². The first-order valence-corrected chi connectivity index (χ1v) is 9.44. The van der Waals surface area contributed by atoms with Crippen molar-refractivity contribution in [2.75, 3.05) is 0 Å². The van der Waals surface area contributed by atoms with E-state index in [0.29, 0.717) is 29.9 Å². The van der Waals surface area contributed by atoms with Crippen LogP contribution in [0.3, 0.4) is 0 Å². The molecule has 1 aromatic carbocycles. The lowest BCUT2D eigenvalue weighted by Crippen LogP contribution is -2.20. The van der Waals surface area contributed by atoms with Crippen molar-refractivity contribution in [3.63, 3.8) is 0 Å². The monoisotopic (exact) mass is 336 g/mol. The zero-order chi connectivity index (χ0) is 17.1. The van der Waals surface area contributed by atoms with E-state index in [2.05, 4.69) is 13.0 Å². The SMILES string of the molecule is CCCCCC1CCC(C2=CCc3c(cc(F)c(F)c3F)C2)CC1. The summed E-state index contributed by atoms with van der Waals surface area (Å²) in [6.45, 7) is 2.24. The summed E-state index contributed by atoms with van der Waals surface area (Å²) in [5.41, 5.74) is 2.28. The second-order valence-electron chi connectivity index (χ2n) is 7.50. The topological polar surface area (TPSA) is 0 Å². The summed E-state index contributed by atoms with van der Waals surface area (Å²) in [5.74, 6) is -2.00. The summed E-state index contributed by atoms with van der Waals surface area (Å²) in [5, 5.41) is 0. The van der Waals surface area contributed by atoms with Crippen molar-refractivity contribution in [3.8, 4) is 0 Å². The minimum atomic E-state index is -1.34. The molecule has 132 valence electrons. The van der Waals surface area contributed by atoms with Gasteiger partial charge in [0.05, 0.1) is 0 Å². The Hall–Kier alpha value is -1.25. The third-order valence-electron chi connectivity index (χ3n) is 5.91. The Balaban J connectivity index is 1.60. The van der Waals surface area contributed by atoms with E-state index in [0.717, 1.165) is 5.92 Å². The van der Waals surface area contributed by atoms with Crippen LogP contribution in [0.25, 0.3) is 0 Å². The molecule has 3 heteroatoms. The van der Waals surface area contributed by atoms with Crippen LogP contribution in [0.5, 0.6) is 0 Å². The average Bonchev–Trinajstić information content (AvgIpc) is 2.60. The molecule has 0 heterocycles. The highest BCUT2D eigenvalue weighted by molar-refractivity contribution is 5.39. The van der Waals surface area contributed by atoms with Crippen LogP contribution < -0.4 is 0 Å². The van der Waals surface area contributed by atoms with Crippen LogP contribution >= 0.6 is 0 Å². The fourth-order valence-corrected chi connectivity index (χ4v) is 4.40. The Morgan fingerprint density at radius 1 is 1.00 bits per heavy atom. The Labute approximate surface area is 143 Å². The van der Waals surface area contributed by atoms with E-state index in [1.165, 1.54) is 63.0 Å². The third-order valence-corrected chi connectivity index (χ3v) is 5.91. The second-order valence-corrected chi connectivity index (χ2v) is 7.50. The Morgan fingerprint density at radius 2 is 1.75 bits per heavy atom. The minimum Gasteiger partial charge on any atom is -0.204 e. The first kappa shape index (κ1) is 17.6. The largest absolute Gasteiger partial charge is 0.204 e. The Kier molecular flexibility index (Phi) is 5.68. The van der Waals surface area contributed by atoms with Gasteiger partial charge in [0.1, 0.15) is 0 Å². The van der Waals surface area contributed by atoms with E-state index >= 15 is 0 Å². The van der Waals surface area contributed by atoms with Gasteiger partial charge in [-0.1, -0.05) is 44.3 Å². The molecular formula is C21H27F3. The van der Waals surface area contributed by atoms with E-state index in [-0.39, 0.29) is 0 Å². The van der Waals surface area contributed by atoms with Crippen LogP contribution in [0.4, 0.5) is 13.2 Å². The molecule has 0 spiro atoms. The molecule has 2 aliphatic carbocycles. The maximum atomic E-state index is 13.9. The molecule has 0 unspecified atom stereocenters. The van der Waals surface area contributed by atoms with Gasteiger partial charge in [-0.2, -0.15) is 0 Å². The normalized spacial score (nSPS) is 23.8. The van der Waals surface area contributed by atoms with Crippen LogP contribution in [0.1, 0.15) is 69.4 Å². The molecule has 2 aliphatic rings. The molecule has 0 aromatic heterocycles. The fraction of sp³-hybridized carbons (Fsp3) is 0.619. The zero-order valence-electron chi connectivity index (χ0n) is 14.5. The second kappa shape index (κ2) is 7.76. The highest BCUT2D eigenvalue weighted by Gasteiger charge is 2.27. The van der Waals surface area contributed by atoms with Gasteiger partial charge in [-0.05, 0) is 67.6 Å². The van der Waals surface area contributed by atoms with Gasteiger partial charge in [0.25, 0.3) is 0 Å². The third kappa shape index (κ3) is 3.70. The summed E-state index contributed by atoms with van der Waals surface area (Å²) in [6.07, 6.45) is 13.2. The first-order chi connectivity index (χ1) is 11.6. The summed E-state index contributed by atoms with van der Waals surface area (Å²) >= 11 is 0. The van der Waals surface area contributed by atoms with Crippen molar-refractivity contribution in [3.05, 3.63) is 46.3 Å². The van der Waals surface area contributed by atoms with Gasteiger partial charge in [0, 0.05) is 0 Å². The first-order valence-electron chi connectivity index (χ1n) is 9.44. The highest BCUT2D eigenvalue weighted by Crippen LogP contribution is 2.39. The van der Waals surface area contributed by atoms with Crippen LogP contribution in [0, 0.1) is 29.3 Å². The van der Waals surface area contributed by atoms with Crippen molar-refractivity contribution < 1.29 is 13.2 Å². The van der Waals surface area contributed by atoms with Crippen LogP contribution in [0.15, 0.2) is 17.7 Å². The van der Waals surface area contributed by atoms with Gasteiger partial charge in [-0.3, -0.25) is 0 Å². The molecule has 1 fully saturated rings. The Morgan fingerprint density at radius 3 is 2.46 bits per heavy atom. The van der Waals surface area contributed by atoms with Crippen molar-refractivity contribution in [1.82, 2.24) is 0 Å². The molecule has 0 aliphatic heterocycles. The van der Waals surface area contributed by atoms with Crippen LogP contribution in [-0.4, -0.2) is 0 Å². The summed E-state index contributed by atoms with van der Waals surface area (Å²) < 4.78 is 40.7. The fourth-order valence-electron chi connectivity index (χ4n) is 4.40. The maximum Gasteiger partial charge on any atom is 0.194 e. The van der Waals surface area contributed by atoms with Crippen molar-refractivity contribution in [2.24, 2.45) is 11.8 Å². The number of allylic oxidation sites excluding steroid dienone is 2. The number of rotatable bonds is 5. The predicted molar refractivity (Wildman–Crippen MR) is 91.4 cm³/mol. The highest BCUT2D eigenvalue weighted by atomic mass is 19.2. The number of halogens is 3. The molecule has 3 rings (SSSR count). The molecule has 0 amide bonds. The van der Waals surface area contributed by atoms with Crippen LogP contribution in [0.2, 0.25) is 0 Å². The molecule has 0 bridgehead atoms. The van der Waals surface area contributed by atoms with E-state index in [1.54, 1.807) is 0 Å². The van der Waals surface area contributed by atoms with E-state index in [1.807, 2.05) is 0 Å². The van der Waals surface area contributed by atoms with E-state index < -0.39 is 17.5 Å². The molecule has 0 radical (unpaired) electrons. The lowest BCUT2D eigenvalue weighted by molar-refractivity contribution is 0.279. The molecule has 1 saturated carbocycles. The predicted octanol–water partition coefficient (Wildman–Crippen LogP) is 6.52. The minimum absolute atomic E-state index is 0.339. The molecule has 24 heavy (non-hydrogen) atoms. The van der Waals surface area contributed by atoms with Crippen molar-refractivity contribution >= 4 is 0 Å². The summed E-state index contributed by atoms with van der Waals surface area (Å²) in [7, 11) is 0. The number of unbranched alkanes of at least 4 members (excludes halogenated alkanes) is 2. The summed E-state index contributed by atoms with van der Waals surface area (Å²) in [6, 6.07) is 1.19. The maximum absolute atomic E-state index is 13.9. The van der Waals surface area contributed by atoms with Crippen molar-refractivity contribution in [1.29, 1.82) is 0 Å². The molecule has 0 atom stereocenters. The van der Waals surface area contributed by atoms with Gasteiger partial charge >= 0.3 is 0 Å². The molecule has 0 N–H and O–H groups in total. The average molecular weight is 336 g/mol. The van der Waals surface area contributed by atoms with Gasteiger partial charge in [-0.25, -0.2) is 13.2 Å². The van der Waals surface area contributed by atoms with E-state index in [4.69, 9.17) is 0 Å². The van der Waals surface area contributed by atoms with Crippen LogP contribution in [-0.2, 0) is 12.8 Å². The molecular weight excluding hydrogens is 309 g/mol. The standard InChI is InChI=1S/C21H27F3/c1-2-3-4-5-14-6-8-15(9-7-14)16-10-11-18-17(12-16)13-19(22)21(24)20(18)23/h10,13-15H,2-9,11-12H2,1H3. The van der Waals surface area contributed by atoms with Crippen molar-refractivity contribution in [2.45, 2.75) is 71.1 Å². The zero-order valence-corrected chi connectivity index (χ0v) is 14.5. The molecule has 1 aromatic rings. The Bertz CT molecular complexity index is 610. The van der Waals surface area contributed by atoms with Gasteiger partial charge < -0.3 is 0 Å². The number of hydrogen-bond donors (Lipinski definition) is 0. The lowest BCUT2D eigenvalue weighted by atomic mass is 9.74. The quantitative estimate of drug-likeness (QED) is 0.326. The van der Waals surface area contributed by atoms with Gasteiger partial charge in [0.2, 0.25) is 0 Å². The summed E-state index contributed by atoms with van der Waals surface area (Å²) in [4.78, 5) is 0. The lowest BCUT2D eigenvalue weighted by Gasteiger charge is -2.32. The number of fused-ring (bicyclic) bond motifs is 1. The molecule has 0 saturated heterocycles.